The zero-order chi connectivity index (χ0) is 17.1. The molecule has 0 aliphatic carbocycles. The van der Waals surface area contributed by atoms with E-state index in [1.165, 1.54) is 4.88 Å². The average Bonchev–Trinajstić information content (AvgIpc) is 2.94. The van der Waals surface area contributed by atoms with Gasteiger partial charge in [0.15, 0.2) is 5.96 Å². The third-order valence-electron chi connectivity index (χ3n) is 3.00. The normalized spacial score (nSPS) is 11.7. The van der Waals surface area contributed by atoms with Gasteiger partial charge in [0, 0.05) is 24.4 Å². The Morgan fingerprint density at radius 1 is 1.33 bits per heavy atom. The number of guanidine groups is 1. The van der Waals surface area contributed by atoms with Gasteiger partial charge in [-0.3, -0.25) is 9.79 Å². The smallest absolute Gasteiger partial charge is 0.306 e. The van der Waals surface area contributed by atoms with Crippen molar-refractivity contribution in [1.82, 2.24) is 5.32 Å². The van der Waals surface area contributed by atoms with Crippen LogP contribution in [0.3, 0.4) is 0 Å². The quantitative estimate of drug-likeness (QED) is 0.191. The molecule has 0 unspecified atom stereocenters. The van der Waals surface area contributed by atoms with Crippen molar-refractivity contribution in [3.05, 3.63) is 22.4 Å². The van der Waals surface area contributed by atoms with Crippen molar-refractivity contribution in [3.8, 4) is 0 Å². The molecule has 3 N–H and O–H groups in total. The minimum absolute atomic E-state index is 0. The molecule has 0 spiro atoms. The maximum Gasteiger partial charge on any atom is 0.306 e. The lowest BCUT2D eigenvalue weighted by Gasteiger charge is -2.19. The molecule has 1 heterocycles. The number of nitrogens with zero attached hydrogens (tertiary/aromatic N) is 1. The van der Waals surface area contributed by atoms with Gasteiger partial charge >= 0.3 is 5.97 Å². The number of rotatable bonds is 9. The van der Waals surface area contributed by atoms with E-state index >= 15 is 0 Å². The molecule has 0 amide bonds. The van der Waals surface area contributed by atoms with E-state index in [-0.39, 0.29) is 29.9 Å². The zero-order valence-electron chi connectivity index (χ0n) is 14.8. The Morgan fingerprint density at radius 2 is 2.08 bits per heavy atom. The maximum atomic E-state index is 11.5. The van der Waals surface area contributed by atoms with E-state index in [0.717, 1.165) is 32.2 Å². The first-order valence-electron chi connectivity index (χ1n) is 8.15. The number of carbonyl (C=O) groups excluding carboxylic acids is 1. The van der Waals surface area contributed by atoms with Gasteiger partial charge in [-0.2, -0.15) is 0 Å². The molecule has 1 rings (SSSR count). The Morgan fingerprint density at radius 3 is 2.71 bits per heavy atom. The number of nitrogens with one attached hydrogen (secondary N) is 1. The molecule has 138 valence electrons. The first-order chi connectivity index (χ1) is 10.9. The van der Waals surface area contributed by atoms with Crippen molar-refractivity contribution in [3.63, 3.8) is 0 Å². The fraction of sp³-hybridized carbons (Fsp3) is 0.647. The number of esters is 1. The number of thiophene rings is 1. The second kappa shape index (κ2) is 12.5. The summed E-state index contributed by atoms with van der Waals surface area (Å²) in [5, 5.41) is 5.19. The molecule has 0 radical (unpaired) electrons. The molecule has 0 atom stereocenters. The highest BCUT2D eigenvalue weighted by Crippen LogP contribution is 2.10. The summed E-state index contributed by atoms with van der Waals surface area (Å²) >= 11 is 1.75. The lowest BCUT2D eigenvalue weighted by molar-refractivity contribution is -0.154. The molecular formula is C17H30IN3O2S. The molecule has 24 heavy (non-hydrogen) atoms. The molecule has 0 fully saturated rings. The topological polar surface area (TPSA) is 76.7 Å². The molecule has 0 aliphatic heterocycles. The van der Waals surface area contributed by atoms with Crippen molar-refractivity contribution < 1.29 is 9.53 Å². The first kappa shape index (κ1) is 23.2. The van der Waals surface area contributed by atoms with Gasteiger partial charge in [0.25, 0.3) is 0 Å². The van der Waals surface area contributed by atoms with E-state index in [2.05, 4.69) is 27.8 Å². The van der Waals surface area contributed by atoms with Crippen LogP contribution in [0.4, 0.5) is 0 Å². The standard InChI is InChI=1S/C17H29N3O2S.HI/c1-17(2,3)22-15(21)9-5-4-6-11-19-16(18)20-12-10-14-8-7-13-23-14;/h7-8,13H,4-6,9-12H2,1-3H3,(H3,18,19,20);1H. The van der Waals surface area contributed by atoms with Gasteiger partial charge in [0.2, 0.25) is 0 Å². The van der Waals surface area contributed by atoms with E-state index in [4.69, 9.17) is 10.5 Å². The highest BCUT2D eigenvalue weighted by molar-refractivity contribution is 14.0. The highest BCUT2D eigenvalue weighted by atomic mass is 127. The predicted octanol–water partition coefficient (Wildman–Crippen LogP) is 3.72. The monoisotopic (exact) mass is 467 g/mol. The Bertz CT molecular complexity index is 485. The Kier molecular flexibility index (Phi) is 12.1. The summed E-state index contributed by atoms with van der Waals surface area (Å²) in [7, 11) is 0. The number of unbranched alkanes of at least 4 members (excludes halogenated alkanes) is 2. The van der Waals surface area contributed by atoms with Gasteiger partial charge in [-0.05, 0) is 51.5 Å². The van der Waals surface area contributed by atoms with Crippen LogP contribution in [0.5, 0.6) is 0 Å². The van der Waals surface area contributed by atoms with Gasteiger partial charge in [-0.15, -0.1) is 35.3 Å². The largest absolute Gasteiger partial charge is 0.460 e. The number of nitrogens with two attached hydrogens (primary N) is 1. The highest BCUT2D eigenvalue weighted by Gasteiger charge is 2.15. The van der Waals surface area contributed by atoms with Crippen LogP contribution in [-0.2, 0) is 16.0 Å². The van der Waals surface area contributed by atoms with Gasteiger partial charge in [-0.25, -0.2) is 0 Å². The lowest BCUT2D eigenvalue weighted by Crippen LogP contribution is -2.33. The average molecular weight is 467 g/mol. The molecule has 0 bridgehead atoms. The first-order valence-corrected chi connectivity index (χ1v) is 9.03. The third-order valence-corrected chi connectivity index (χ3v) is 3.93. The van der Waals surface area contributed by atoms with E-state index in [1.807, 2.05) is 20.8 Å². The molecule has 0 aromatic carbocycles. The van der Waals surface area contributed by atoms with E-state index in [0.29, 0.717) is 18.9 Å². The van der Waals surface area contributed by atoms with E-state index < -0.39 is 5.60 Å². The van der Waals surface area contributed by atoms with Crippen LogP contribution in [0.25, 0.3) is 0 Å². The van der Waals surface area contributed by atoms with Crippen LogP contribution in [0.1, 0.15) is 51.3 Å². The number of hydrogen-bond donors (Lipinski definition) is 2. The lowest BCUT2D eigenvalue weighted by atomic mass is 10.1. The van der Waals surface area contributed by atoms with Gasteiger partial charge < -0.3 is 15.8 Å². The fourth-order valence-electron chi connectivity index (χ4n) is 1.97. The maximum absolute atomic E-state index is 11.5. The van der Waals surface area contributed by atoms with E-state index in [1.54, 1.807) is 11.3 Å². The van der Waals surface area contributed by atoms with Crippen molar-refractivity contribution in [2.24, 2.45) is 10.7 Å². The summed E-state index contributed by atoms with van der Waals surface area (Å²) < 4.78 is 5.26. The minimum atomic E-state index is -0.398. The van der Waals surface area contributed by atoms with Crippen LogP contribution in [0.15, 0.2) is 22.5 Å². The minimum Gasteiger partial charge on any atom is -0.460 e. The summed E-state index contributed by atoms with van der Waals surface area (Å²) in [5.41, 5.74) is 5.42. The van der Waals surface area contributed by atoms with Crippen LogP contribution in [0, 0.1) is 0 Å². The van der Waals surface area contributed by atoms with Gasteiger partial charge in [0.05, 0.1) is 0 Å². The fourth-order valence-corrected chi connectivity index (χ4v) is 2.68. The molecule has 0 saturated carbocycles. The molecular weight excluding hydrogens is 437 g/mol. The molecule has 0 aliphatic rings. The summed E-state index contributed by atoms with van der Waals surface area (Å²) in [6.07, 6.45) is 4.14. The van der Waals surface area contributed by atoms with E-state index in [9.17, 15) is 4.79 Å². The SMILES string of the molecule is CC(C)(C)OC(=O)CCCCCN=C(N)NCCc1cccs1.I. The second-order valence-electron chi connectivity index (χ2n) is 6.42. The van der Waals surface area contributed by atoms with Crippen LogP contribution >= 0.6 is 35.3 Å². The number of aliphatic imine (C=N–C) groups is 1. The molecule has 5 nitrogen and oxygen atoms in total. The molecule has 1 aromatic rings. The molecule has 7 heteroatoms. The summed E-state index contributed by atoms with van der Waals surface area (Å²) in [6.45, 7) is 7.14. The summed E-state index contributed by atoms with van der Waals surface area (Å²) in [4.78, 5) is 17.2. The van der Waals surface area contributed by atoms with Crippen molar-refractivity contribution >= 4 is 47.2 Å². The van der Waals surface area contributed by atoms with Crippen LogP contribution in [-0.4, -0.2) is 30.6 Å². The number of halogens is 1. The zero-order valence-corrected chi connectivity index (χ0v) is 18.0. The van der Waals surface area contributed by atoms with Gasteiger partial charge in [-0.1, -0.05) is 12.5 Å². The Labute approximate surface area is 166 Å². The number of ether oxygens (including phenoxy) is 1. The summed E-state index contributed by atoms with van der Waals surface area (Å²) in [6, 6.07) is 4.17. The number of hydrogen-bond acceptors (Lipinski definition) is 4. The molecule has 1 aromatic heterocycles. The van der Waals surface area contributed by atoms with Crippen LogP contribution < -0.4 is 11.1 Å². The third kappa shape index (κ3) is 12.6. The number of carbonyl (C=O) groups is 1. The second-order valence-corrected chi connectivity index (χ2v) is 7.45. The van der Waals surface area contributed by atoms with Crippen LogP contribution in [0.2, 0.25) is 0 Å². The Hall–Kier alpha value is -0.830. The van der Waals surface area contributed by atoms with Crippen molar-refractivity contribution in [2.45, 2.75) is 58.5 Å². The van der Waals surface area contributed by atoms with Crippen molar-refractivity contribution in [2.75, 3.05) is 13.1 Å². The summed E-state index contributed by atoms with van der Waals surface area (Å²) in [5.74, 6) is 0.365. The Balaban J connectivity index is 0.00000529. The van der Waals surface area contributed by atoms with Crippen molar-refractivity contribution in [1.29, 1.82) is 0 Å². The van der Waals surface area contributed by atoms with Gasteiger partial charge in [0.1, 0.15) is 5.60 Å². The predicted molar refractivity (Wildman–Crippen MR) is 112 cm³/mol. The molecule has 0 saturated heterocycles.